The van der Waals surface area contributed by atoms with Crippen molar-refractivity contribution in [1.82, 2.24) is 15.6 Å². The normalized spacial score (nSPS) is 18.2. The lowest BCUT2D eigenvalue weighted by Crippen LogP contribution is -2.45. The smallest absolute Gasteiger partial charge is 0.243 e. The van der Waals surface area contributed by atoms with Crippen molar-refractivity contribution in [2.45, 2.75) is 18.5 Å². The fraction of sp³-hybridized carbons (Fsp3) is 0.312. The zero-order valence-electron chi connectivity index (χ0n) is 13.0. The van der Waals surface area contributed by atoms with E-state index in [-0.39, 0.29) is 23.8 Å². The van der Waals surface area contributed by atoms with Gasteiger partial charge in [-0.05, 0) is 24.7 Å². The van der Waals surface area contributed by atoms with Crippen LogP contribution in [0.1, 0.15) is 17.3 Å². The topological polar surface area (TPSA) is 66.4 Å². The van der Waals surface area contributed by atoms with Crippen LogP contribution in [0.4, 0.5) is 4.39 Å². The minimum Gasteiger partial charge on any atom is -0.309 e. The minimum atomic E-state index is -0.361. The second kappa shape index (κ2) is 7.87. The summed E-state index contributed by atoms with van der Waals surface area (Å²) in [7, 11) is 1.75. The van der Waals surface area contributed by atoms with Crippen LogP contribution in [0.5, 0.6) is 0 Å². The molecule has 2 atom stereocenters. The Bertz CT molecular complexity index is 718. The molecule has 2 N–H and O–H groups in total. The summed E-state index contributed by atoms with van der Waals surface area (Å²) in [6.07, 6.45) is 0.533. The summed E-state index contributed by atoms with van der Waals surface area (Å²) in [6.45, 7) is 0. The maximum absolute atomic E-state index is 13.0. The van der Waals surface area contributed by atoms with Crippen LogP contribution in [-0.4, -0.2) is 34.9 Å². The molecule has 5 nitrogen and oxygen atoms in total. The van der Waals surface area contributed by atoms with Gasteiger partial charge < -0.3 is 10.6 Å². The first-order valence-electron chi connectivity index (χ1n) is 7.47. The highest BCUT2D eigenvalue weighted by molar-refractivity contribution is 8.14. The number of thioether (sulfide) groups is 1. The van der Waals surface area contributed by atoms with Crippen molar-refractivity contribution >= 4 is 34.2 Å². The number of halogens is 1. The van der Waals surface area contributed by atoms with E-state index in [1.165, 1.54) is 35.2 Å². The first-order valence-corrected chi connectivity index (χ1v) is 9.40. The molecular formula is C16H17FN4OS2. The van der Waals surface area contributed by atoms with Crippen LogP contribution < -0.4 is 10.6 Å². The monoisotopic (exact) mass is 364 g/mol. The number of hydrogen-bond donors (Lipinski definition) is 2. The van der Waals surface area contributed by atoms with Gasteiger partial charge in [0, 0.05) is 17.6 Å². The number of hydrogen-bond acceptors (Lipinski definition) is 6. The summed E-state index contributed by atoms with van der Waals surface area (Å²) in [5, 5.41) is 8.42. The van der Waals surface area contributed by atoms with Crippen molar-refractivity contribution < 1.29 is 9.18 Å². The van der Waals surface area contributed by atoms with Gasteiger partial charge in [0.1, 0.15) is 5.82 Å². The van der Waals surface area contributed by atoms with Crippen molar-refractivity contribution in [2.24, 2.45) is 4.99 Å². The average Bonchev–Trinajstić information content (AvgIpc) is 3.25. The predicted octanol–water partition coefficient (Wildman–Crippen LogP) is 2.37. The molecule has 1 aromatic heterocycles. The minimum absolute atomic E-state index is 0.0579. The molecule has 2 heterocycles. The Kier molecular flexibility index (Phi) is 5.60. The van der Waals surface area contributed by atoms with Gasteiger partial charge in [0.15, 0.2) is 5.17 Å². The highest BCUT2D eigenvalue weighted by Crippen LogP contribution is 2.29. The summed E-state index contributed by atoms with van der Waals surface area (Å²) in [5.41, 5.74) is 3.59. The Morgan fingerprint density at radius 1 is 1.42 bits per heavy atom. The number of rotatable bonds is 5. The van der Waals surface area contributed by atoms with E-state index in [1.54, 1.807) is 24.7 Å². The van der Waals surface area contributed by atoms with Crippen molar-refractivity contribution in [1.29, 1.82) is 0 Å². The van der Waals surface area contributed by atoms with Gasteiger partial charge in [-0.3, -0.25) is 9.79 Å². The standard InChI is InChI=1S/C16H17FN4OS2/c1-18-13(6-12-7-23-9-19-12)15(22)21-16-20-14(8-24-16)10-2-4-11(17)5-3-10/h2-5,7,9,13-14,18H,6,8H2,1H3,(H,20,21,22). The third kappa shape index (κ3) is 4.19. The quantitative estimate of drug-likeness (QED) is 0.855. The Labute approximate surface area is 147 Å². The molecule has 0 spiro atoms. The maximum Gasteiger partial charge on any atom is 0.243 e. The van der Waals surface area contributed by atoms with Crippen molar-refractivity contribution in [3.63, 3.8) is 0 Å². The van der Waals surface area contributed by atoms with E-state index in [2.05, 4.69) is 20.6 Å². The van der Waals surface area contributed by atoms with Crippen LogP contribution in [-0.2, 0) is 11.2 Å². The summed E-state index contributed by atoms with van der Waals surface area (Å²) in [6, 6.07) is 5.90. The second-order valence-electron chi connectivity index (χ2n) is 5.33. The molecule has 24 heavy (non-hydrogen) atoms. The van der Waals surface area contributed by atoms with Crippen LogP contribution in [0.25, 0.3) is 0 Å². The lowest BCUT2D eigenvalue weighted by Gasteiger charge is -2.14. The van der Waals surface area contributed by atoms with Gasteiger partial charge in [-0.15, -0.1) is 11.3 Å². The van der Waals surface area contributed by atoms with Gasteiger partial charge in [0.05, 0.1) is 23.3 Å². The van der Waals surface area contributed by atoms with Gasteiger partial charge in [0.25, 0.3) is 0 Å². The molecular weight excluding hydrogens is 347 g/mol. The number of likely N-dealkylation sites (N-methyl/N-ethyl adjacent to an activating group) is 1. The van der Waals surface area contributed by atoms with Gasteiger partial charge in [-0.1, -0.05) is 23.9 Å². The van der Waals surface area contributed by atoms with Crippen LogP contribution in [0.15, 0.2) is 40.1 Å². The SMILES string of the molecule is CNC(Cc1cscn1)C(=O)NC1=NC(c2ccc(F)cc2)CS1. The average molecular weight is 364 g/mol. The van der Waals surface area contributed by atoms with Gasteiger partial charge in [-0.25, -0.2) is 9.37 Å². The number of amides is 1. The number of carbonyl (C=O) groups excluding carboxylic acids is 1. The van der Waals surface area contributed by atoms with E-state index < -0.39 is 0 Å². The van der Waals surface area contributed by atoms with Crippen molar-refractivity contribution in [2.75, 3.05) is 12.8 Å². The molecule has 0 radical (unpaired) electrons. The molecule has 2 aromatic rings. The van der Waals surface area contributed by atoms with Gasteiger partial charge >= 0.3 is 0 Å². The molecule has 126 valence electrons. The zero-order chi connectivity index (χ0) is 16.9. The first kappa shape index (κ1) is 17.1. The number of nitrogens with zero attached hydrogens (tertiary/aromatic N) is 2. The molecule has 1 aliphatic rings. The Balaban J connectivity index is 1.61. The number of thiazole rings is 1. The van der Waals surface area contributed by atoms with Gasteiger partial charge in [-0.2, -0.15) is 0 Å². The molecule has 1 amide bonds. The lowest BCUT2D eigenvalue weighted by molar-refractivity contribution is -0.121. The van der Waals surface area contributed by atoms with Crippen LogP contribution in [0.3, 0.4) is 0 Å². The van der Waals surface area contributed by atoms with Crippen molar-refractivity contribution in [3.05, 3.63) is 52.2 Å². The highest BCUT2D eigenvalue weighted by atomic mass is 32.2. The van der Waals surface area contributed by atoms with Crippen molar-refractivity contribution in [3.8, 4) is 0 Å². The Morgan fingerprint density at radius 3 is 2.88 bits per heavy atom. The number of aliphatic imine (C=N–C) groups is 1. The zero-order valence-corrected chi connectivity index (χ0v) is 14.7. The van der Waals surface area contributed by atoms with Crippen LogP contribution in [0.2, 0.25) is 0 Å². The summed E-state index contributed by atoms with van der Waals surface area (Å²) < 4.78 is 13.0. The third-order valence-corrected chi connectivity index (χ3v) is 5.30. The maximum atomic E-state index is 13.0. The molecule has 3 rings (SSSR count). The predicted molar refractivity (Wildman–Crippen MR) is 95.8 cm³/mol. The van der Waals surface area contributed by atoms with E-state index in [9.17, 15) is 9.18 Å². The molecule has 2 unspecified atom stereocenters. The molecule has 0 saturated heterocycles. The fourth-order valence-corrected chi connectivity index (χ4v) is 3.89. The van der Waals surface area contributed by atoms with Gasteiger partial charge in [0.2, 0.25) is 5.91 Å². The number of benzene rings is 1. The summed E-state index contributed by atoms with van der Waals surface area (Å²) in [4.78, 5) is 21.1. The second-order valence-corrected chi connectivity index (χ2v) is 7.05. The Morgan fingerprint density at radius 2 is 2.21 bits per heavy atom. The summed E-state index contributed by atoms with van der Waals surface area (Å²) in [5.74, 6) is 0.342. The lowest BCUT2D eigenvalue weighted by atomic mass is 10.1. The molecule has 0 bridgehead atoms. The molecule has 0 fully saturated rings. The first-order chi connectivity index (χ1) is 11.7. The number of carbonyl (C=O) groups is 1. The third-order valence-electron chi connectivity index (χ3n) is 3.70. The van der Waals surface area contributed by atoms with E-state index in [4.69, 9.17) is 0 Å². The number of nitrogens with one attached hydrogen (secondary N) is 2. The van der Waals surface area contributed by atoms with E-state index in [0.29, 0.717) is 11.6 Å². The number of amidine groups is 1. The van der Waals surface area contributed by atoms with E-state index in [0.717, 1.165) is 17.0 Å². The fourth-order valence-electron chi connectivity index (χ4n) is 2.36. The largest absolute Gasteiger partial charge is 0.309 e. The molecule has 1 aliphatic heterocycles. The Hall–Kier alpha value is -1.77. The molecule has 8 heteroatoms. The van der Waals surface area contributed by atoms with E-state index in [1.807, 2.05) is 5.38 Å². The van der Waals surface area contributed by atoms with E-state index >= 15 is 0 Å². The van der Waals surface area contributed by atoms with Crippen LogP contribution >= 0.6 is 23.1 Å². The molecule has 1 aromatic carbocycles. The van der Waals surface area contributed by atoms with Crippen LogP contribution in [0, 0.1) is 5.82 Å². The number of aromatic nitrogens is 1. The molecule has 0 aliphatic carbocycles. The highest BCUT2D eigenvalue weighted by Gasteiger charge is 2.24. The summed E-state index contributed by atoms with van der Waals surface area (Å²) >= 11 is 3.01. The molecule has 0 saturated carbocycles.